The van der Waals surface area contributed by atoms with Gasteiger partial charge in [0.15, 0.2) is 11.5 Å². The molecule has 0 aromatic heterocycles. The fourth-order valence-corrected chi connectivity index (χ4v) is 3.09. The van der Waals surface area contributed by atoms with Crippen LogP contribution in [0, 0.1) is 5.82 Å². The van der Waals surface area contributed by atoms with Crippen LogP contribution < -0.4 is 20.2 Å². The van der Waals surface area contributed by atoms with E-state index in [4.69, 9.17) is 9.47 Å². The van der Waals surface area contributed by atoms with Crippen LogP contribution in [0.4, 0.5) is 4.39 Å². The summed E-state index contributed by atoms with van der Waals surface area (Å²) >= 11 is 3.47. The van der Waals surface area contributed by atoms with Crippen molar-refractivity contribution < 1.29 is 23.5 Å². The molecule has 2 amide bonds. The minimum absolute atomic E-state index is 0.00735. The van der Waals surface area contributed by atoms with Crippen molar-refractivity contribution in [1.82, 2.24) is 10.7 Å². The smallest absolute Gasteiger partial charge is 0.254 e. The highest BCUT2D eigenvalue weighted by Gasteiger charge is 2.13. The number of carbonyl (C=O) groups excluding carboxylic acids is 2. The third-order valence-corrected chi connectivity index (χ3v) is 4.43. The summed E-state index contributed by atoms with van der Waals surface area (Å²) < 4.78 is 25.7. The molecule has 0 atom stereocenters. The van der Waals surface area contributed by atoms with Crippen LogP contribution in [-0.2, 0) is 4.79 Å². The maximum Gasteiger partial charge on any atom is 0.254 e. The zero-order chi connectivity index (χ0) is 22.8. The monoisotopic (exact) mass is 493 g/mol. The Labute approximate surface area is 189 Å². The topological polar surface area (TPSA) is 89.0 Å². The highest BCUT2D eigenvalue weighted by molar-refractivity contribution is 9.10. The second kappa shape index (κ2) is 12.0. The van der Waals surface area contributed by atoms with E-state index in [0.29, 0.717) is 28.1 Å². The normalized spacial score (nSPS) is 10.9. The molecule has 0 aliphatic carbocycles. The average Bonchev–Trinajstić information content (AvgIpc) is 2.71. The zero-order valence-corrected chi connectivity index (χ0v) is 19.2. The Bertz CT molecular complexity index is 950. The molecule has 0 spiro atoms. The Kier molecular flexibility index (Phi) is 9.45. The fourth-order valence-electron chi connectivity index (χ4n) is 2.54. The van der Waals surface area contributed by atoms with Gasteiger partial charge in [0.2, 0.25) is 5.91 Å². The molecule has 2 N–H and O–H groups in total. The van der Waals surface area contributed by atoms with Gasteiger partial charge in [-0.2, -0.15) is 5.10 Å². The Morgan fingerprint density at radius 2 is 2.00 bits per heavy atom. The summed E-state index contributed by atoms with van der Waals surface area (Å²) in [5.41, 5.74) is 3.02. The lowest BCUT2D eigenvalue weighted by Crippen LogP contribution is -2.29. The van der Waals surface area contributed by atoms with Crippen molar-refractivity contribution in [2.24, 2.45) is 5.10 Å². The summed E-state index contributed by atoms with van der Waals surface area (Å²) in [6.45, 7) is 6.24. The molecule has 0 heterocycles. The molecule has 0 unspecified atom stereocenters. The standard InChI is InChI=1S/C22H25BrFN3O4/c1-4-30-19-12-15(11-17(23)21(19)31-14(2)3)13-26-27-20(28)9-10-25-22(29)16-7-5-6-8-18(16)24/h5-8,11-14H,4,9-10H2,1-3H3,(H,25,29)(H,27,28). The predicted molar refractivity (Wildman–Crippen MR) is 120 cm³/mol. The van der Waals surface area contributed by atoms with Gasteiger partial charge in [-0.3, -0.25) is 9.59 Å². The number of rotatable bonds is 10. The summed E-state index contributed by atoms with van der Waals surface area (Å²) in [7, 11) is 0. The van der Waals surface area contributed by atoms with E-state index in [1.807, 2.05) is 20.8 Å². The van der Waals surface area contributed by atoms with Crippen LogP contribution in [0.2, 0.25) is 0 Å². The lowest BCUT2D eigenvalue weighted by atomic mass is 10.2. The molecule has 2 aromatic carbocycles. The first-order valence-corrected chi connectivity index (χ1v) is 10.6. The molecule has 2 aromatic rings. The second-order valence-electron chi connectivity index (χ2n) is 6.71. The van der Waals surface area contributed by atoms with Crippen LogP contribution in [0.5, 0.6) is 11.5 Å². The molecule has 0 saturated heterocycles. The van der Waals surface area contributed by atoms with Gasteiger partial charge < -0.3 is 14.8 Å². The summed E-state index contributed by atoms with van der Waals surface area (Å²) in [5, 5.41) is 6.43. The van der Waals surface area contributed by atoms with Crippen molar-refractivity contribution >= 4 is 34.0 Å². The van der Waals surface area contributed by atoms with E-state index < -0.39 is 17.6 Å². The number of nitrogens with zero attached hydrogens (tertiary/aromatic N) is 1. The van der Waals surface area contributed by atoms with E-state index in [1.165, 1.54) is 24.4 Å². The third-order valence-electron chi connectivity index (χ3n) is 3.84. The van der Waals surface area contributed by atoms with Gasteiger partial charge in [-0.25, -0.2) is 9.82 Å². The number of hydrogen-bond donors (Lipinski definition) is 2. The minimum atomic E-state index is -0.614. The van der Waals surface area contributed by atoms with Crippen LogP contribution in [0.3, 0.4) is 0 Å². The summed E-state index contributed by atoms with van der Waals surface area (Å²) in [5.74, 6) is -0.422. The number of carbonyl (C=O) groups is 2. The maximum atomic E-state index is 13.6. The fraction of sp³-hybridized carbons (Fsp3) is 0.318. The van der Waals surface area contributed by atoms with Gasteiger partial charge in [-0.05, 0) is 66.5 Å². The molecule has 166 valence electrons. The second-order valence-corrected chi connectivity index (χ2v) is 7.56. The van der Waals surface area contributed by atoms with Crippen molar-refractivity contribution in [3.63, 3.8) is 0 Å². The van der Waals surface area contributed by atoms with Gasteiger partial charge >= 0.3 is 0 Å². The molecule has 0 saturated carbocycles. The van der Waals surface area contributed by atoms with Gasteiger partial charge in [0, 0.05) is 13.0 Å². The molecule has 0 radical (unpaired) electrons. The summed E-state index contributed by atoms with van der Waals surface area (Å²) in [6, 6.07) is 9.20. The van der Waals surface area contributed by atoms with Crippen molar-refractivity contribution in [2.75, 3.05) is 13.2 Å². The number of halogens is 2. The van der Waals surface area contributed by atoms with E-state index in [0.717, 1.165) is 0 Å². The molecule has 31 heavy (non-hydrogen) atoms. The van der Waals surface area contributed by atoms with Crippen LogP contribution in [0.25, 0.3) is 0 Å². The highest BCUT2D eigenvalue weighted by Crippen LogP contribution is 2.37. The first-order chi connectivity index (χ1) is 14.8. The Morgan fingerprint density at radius 1 is 1.26 bits per heavy atom. The predicted octanol–water partition coefficient (Wildman–Crippen LogP) is 4.04. The maximum absolute atomic E-state index is 13.6. The number of nitrogens with one attached hydrogen (secondary N) is 2. The molecule has 0 bridgehead atoms. The van der Waals surface area contributed by atoms with Crippen molar-refractivity contribution in [2.45, 2.75) is 33.3 Å². The molecular formula is C22H25BrFN3O4. The number of benzene rings is 2. The molecule has 0 aliphatic heterocycles. The van der Waals surface area contributed by atoms with E-state index in [9.17, 15) is 14.0 Å². The van der Waals surface area contributed by atoms with Gasteiger partial charge in [-0.1, -0.05) is 12.1 Å². The van der Waals surface area contributed by atoms with Crippen LogP contribution in [0.1, 0.15) is 43.1 Å². The Balaban J connectivity index is 1.89. The van der Waals surface area contributed by atoms with Gasteiger partial charge in [0.05, 0.1) is 29.0 Å². The number of amides is 2. The van der Waals surface area contributed by atoms with Gasteiger partial charge in [-0.15, -0.1) is 0 Å². The zero-order valence-electron chi connectivity index (χ0n) is 17.6. The molecule has 7 nitrogen and oxygen atoms in total. The number of hydrazone groups is 1. The van der Waals surface area contributed by atoms with Gasteiger partial charge in [0.1, 0.15) is 5.82 Å². The quantitative estimate of drug-likeness (QED) is 0.386. The lowest BCUT2D eigenvalue weighted by molar-refractivity contribution is -0.120. The first kappa shape index (κ1) is 24.3. The SMILES string of the molecule is CCOc1cc(C=NNC(=O)CCNC(=O)c2ccccc2F)cc(Br)c1OC(C)C. The Hall–Kier alpha value is -2.94. The molecular weight excluding hydrogens is 469 g/mol. The molecule has 9 heteroatoms. The summed E-state index contributed by atoms with van der Waals surface area (Å²) in [6.07, 6.45) is 1.45. The highest BCUT2D eigenvalue weighted by atomic mass is 79.9. The molecule has 0 fully saturated rings. The van der Waals surface area contributed by atoms with Crippen molar-refractivity contribution in [3.8, 4) is 11.5 Å². The first-order valence-electron chi connectivity index (χ1n) is 9.79. The van der Waals surface area contributed by atoms with E-state index in [2.05, 4.69) is 31.8 Å². The van der Waals surface area contributed by atoms with Crippen molar-refractivity contribution in [1.29, 1.82) is 0 Å². The van der Waals surface area contributed by atoms with E-state index >= 15 is 0 Å². The van der Waals surface area contributed by atoms with Crippen LogP contribution >= 0.6 is 15.9 Å². The Morgan fingerprint density at radius 3 is 2.68 bits per heavy atom. The largest absolute Gasteiger partial charge is 0.490 e. The van der Waals surface area contributed by atoms with E-state index in [-0.39, 0.29) is 24.6 Å². The lowest BCUT2D eigenvalue weighted by Gasteiger charge is -2.16. The van der Waals surface area contributed by atoms with Crippen molar-refractivity contribution in [3.05, 3.63) is 57.8 Å². The third kappa shape index (κ3) is 7.67. The molecule has 2 rings (SSSR count). The molecule has 0 aliphatic rings. The van der Waals surface area contributed by atoms with Gasteiger partial charge in [0.25, 0.3) is 5.91 Å². The number of hydrogen-bond acceptors (Lipinski definition) is 5. The van der Waals surface area contributed by atoms with Crippen LogP contribution in [0.15, 0.2) is 46.0 Å². The van der Waals surface area contributed by atoms with Crippen LogP contribution in [-0.4, -0.2) is 37.3 Å². The average molecular weight is 494 g/mol. The number of ether oxygens (including phenoxy) is 2. The summed E-state index contributed by atoms with van der Waals surface area (Å²) in [4.78, 5) is 23.8. The minimum Gasteiger partial charge on any atom is -0.490 e. The van der Waals surface area contributed by atoms with E-state index in [1.54, 1.807) is 18.2 Å².